The summed E-state index contributed by atoms with van der Waals surface area (Å²) in [6, 6.07) is 0. The van der Waals surface area contributed by atoms with Gasteiger partial charge in [-0.15, -0.1) is 0 Å². The van der Waals surface area contributed by atoms with Crippen molar-refractivity contribution in [1.82, 2.24) is 0 Å². The summed E-state index contributed by atoms with van der Waals surface area (Å²) in [6.45, 7) is 11.1. The van der Waals surface area contributed by atoms with Crippen LogP contribution in [0.25, 0.3) is 0 Å². The van der Waals surface area contributed by atoms with E-state index in [0.717, 1.165) is 5.57 Å². The van der Waals surface area contributed by atoms with Crippen molar-refractivity contribution in [2.75, 3.05) is 7.11 Å². The number of allylic oxidation sites excluding steroid dienone is 3. The third-order valence-electron chi connectivity index (χ3n) is 10.3. The van der Waals surface area contributed by atoms with Crippen LogP contribution in [0.5, 0.6) is 0 Å². The van der Waals surface area contributed by atoms with Gasteiger partial charge in [-0.05, 0) is 60.5 Å². The Bertz CT molecular complexity index is 1420. The normalized spacial score (nSPS) is 41.1. The minimum absolute atomic E-state index is 0.0609. The molecule has 2 N–H and O–H groups in total. The number of ketones is 2. The molecule has 4 aliphatic carbocycles. The number of hydrogen-bond donors (Lipinski definition) is 2. The monoisotopic (exact) mass is 580 g/mol. The third kappa shape index (κ3) is 3.62. The molecule has 0 amide bonds. The van der Waals surface area contributed by atoms with Gasteiger partial charge >= 0.3 is 5.97 Å². The lowest BCUT2D eigenvalue weighted by Gasteiger charge is -2.64. The van der Waals surface area contributed by atoms with Crippen LogP contribution >= 0.6 is 0 Å². The highest BCUT2D eigenvalue weighted by atomic mass is 16.6. The Morgan fingerprint density at radius 2 is 1.90 bits per heavy atom. The molecule has 5 fully saturated rings. The number of aliphatic hydroxyl groups is 1. The second kappa shape index (κ2) is 9.49. The number of fused-ring (bicyclic) bond motifs is 1. The summed E-state index contributed by atoms with van der Waals surface area (Å²) in [7, 11) is 1.50. The Morgan fingerprint density at radius 3 is 2.55 bits per heavy atom. The first kappa shape index (κ1) is 29.1. The number of carbonyl (C=O) groups excluding carboxylic acids is 2. The molecule has 0 aromatic carbocycles. The van der Waals surface area contributed by atoms with Crippen molar-refractivity contribution >= 4 is 17.5 Å². The van der Waals surface area contributed by atoms with Crippen molar-refractivity contribution in [2.45, 2.75) is 95.9 Å². The Labute approximate surface area is 245 Å². The van der Waals surface area contributed by atoms with Gasteiger partial charge in [0.2, 0.25) is 0 Å². The zero-order chi connectivity index (χ0) is 30.5. The predicted octanol–water partition coefficient (Wildman–Crippen LogP) is 3.97. The molecule has 0 radical (unpaired) electrons. The number of carboxylic acid groups (broad SMARTS) is 1. The molecule has 42 heavy (non-hydrogen) atoms. The van der Waals surface area contributed by atoms with Crippen molar-refractivity contribution in [3.63, 3.8) is 0 Å². The molecule has 0 aromatic rings. The van der Waals surface area contributed by atoms with Crippen LogP contribution in [0.3, 0.4) is 0 Å². The quantitative estimate of drug-likeness (QED) is 0.354. The number of carboxylic acids is 1. The second-order valence-corrected chi connectivity index (χ2v) is 13.4. The Kier molecular flexibility index (Phi) is 6.57. The Balaban J connectivity index is 1.63. The van der Waals surface area contributed by atoms with Gasteiger partial charge in [-0.2, -0.15) is 0 Å². The van der Waals surface area contributed by atoms with E-state index in [1.54, 1.807) is 0 Å². The first-order chi connectivity index (χ1) is 19.7. The number of ether oxygens (including phenoxy) is 4. The van der Waals surface area contributed by atoms with Gasteiger partial charge < -0.3 is 29.2 Å². The van der Waals surface area contributed by atoms with Crippen LogP contribution in [0.1, 0.15) is 60.8 Å². The van der Waals surface area contributed by atoms with Gasteiger partial charge in [0.25, 0.3) is 0 Å². The third-order valence-corrected chi connectivity index (χ3v) is 10.3. The van der Waals surface area contributed by atoms with E-state index in [4.69, 9.17) is 18.9 Å². The molecule has 9 atom stereocenters. The summed E-state index contributed by atoms with van der Waals surface area (Å²) in [6.07, 6.45) is 5.73. The van der Waals surface area contributed by atoms with Gasteiger partial charge in [-0.3, -0.25) is 9.59 Å². The molecule has 1 spiro atoms. The average molecular weight is 581 g/mol. The molecule has 3 heterocycles. The average Bonchev–Trinajstić information content (AvgIpc) is 3.06. The molecule has 3 aliphatic heterocycles. The van der Waals surface area contributed by atoms with E-state index < -0.39 is 52.7 Å². The van der Waals surface area contributed by atoms with Gasteiger partial charge in [-0.25, -0.2) is 4.79 Å². The number of Topliss-reactive ketones (excluding diaryl/α,β-unsaturated/α-hetero) is 2. The molecular weight excluding hydrogens is 540 g/mol. The number of aliphatic hydroxyl groups excluding tert-OH is 1. The van der Waals surface area contributed by atoms with Crippen LogP contribution in [0.4, 0.5) is 0 Å². The van der Waals surface area contributed by atoms with Gasteiger partial charge in [0, 0.05) is 42.1 Å². The standard InChI is InChI=1S/C33H40O9/c1-15(2)8-10-19-26-18(11-9-17(4)40-26)24(34)22-25(35)23-28(39-7)20-14-21-31(5,6)42-32(29(20)36,13-12-16(3)30(37)38)33(21,23)41-27(19)22/h8-9,11-12,17,20-24,28,34H,10,13-14H2,1-7H3,(H,37,38)/b16-12+/t17?,20-,21-,22-,23?,24?,28-,32-,33-/m0/s1. The molecule has 0 aromatic heterocycles. The van der Waals surface area contributed by atoms with E-state index in [2.05, 4.69) is 0 Å². The molecule has 3 unspecified atom stereocenters. The van der Waals surface area contributed by atoms with E-state index >= 15 is 0 Å². The lowest BCUT2D eigenvalue weighted by atomic mass is 9.44. The van der Waals surface area contributed by atoms with Gasteiger partial charge in [0.1, 0.15) is 23.5 Å². The molecule has 7 aliphatic rings. The molecule has 9 nitrogen and oxygen atoms in total. The second-order valence-electron chi connectivity index (χ2n) is 13.4. The zero-order valence-corrected chi connectivity index (χ0v) is 25.2. The summed E-state index contributed by atoms with van der Waals surface area (Å²) < 4.78 is 26.1. The fourth-order valence-electron chi connectivity index (χ4n) is 8.56. The van der Waals surface area contributed by atoms with Crippen LogP contribution < -0.4 is 0 Å². The van der Waals surface area contributed by atoms with Crippen molar-refractivity contribution in [2.24, 2.45) is 23.7 Å². The predicted molar refractivity (Wildman–Crippen MR) is 151 cm³/mol. The maximum absolute atomic E-state index is 14.9. The number of aliphatic carboxylic acids is 1. The van der Waals surface area contributed by atoms with Crippen LogP contribution in [0, 0.1) is 23.7 Å². The fraction of sp³-hybridized carbons (Fsp3) is 0.606. The number of carbonyl (C=O) groups is 3. The van der Waals surface area contributed by atoms with E-state index in [9.17, 15) is 24.6 Å². The van der Waals surface area contributed by atoms with Gasteiger partial charge in [0.15, 0.2) is 22.8 Å². The number of methoxy groups -OCH3 is 1. The minimum atomic E-state index is -1.62. The lowest BCUT2D eigenvalue weighted by molar-refractivity contribution is -0.257. The summed E-state index contributed by atoms with van der Waals surface area (Å²) in [5, 5.41) is 21.3. The maximum Gasteiger partial charge on any atom is 0.330 e. The van der Waals surface area contributed by atoms with E-state index in [1.165, 1.54) is 20.1 Å². The van der Waals surface area contributed by atoms with Crippen LogP contribution in [0.15, 0.2) is 58.1 Å². The first-order valence-electron chi connectivity index (χ1n) is 14.8. The molecule has 3 saturated carbocycles. The summed E-state index contributed by atoms with van der Waals surface area (Å²) in [5.41, 5.74) is -1.61. The van der Waals surface area contributed by atoms with Crippen LogP contribution in [-0.2, 0) is 33.3 Å². The molecule has 4 bridgehead atoms. The summed E-state index contributed by atoms with van der Waals surface area (Å²) in [5.74, 6) is -3.72. The van der Waals surface area contributed by atoms with Crippen molar-refractivity contribution < 1.29 is 43.5 Å². The smallest absolute Gasteiger partial charge is 0.330 e. The maximum atomic E-state index is 14.9. The fourth-order valence-corrected chi connectivity index (χ4v) is 8.56. The van der Waals surface area contributed by atoms with Crippen LogP contribution in [-0.4, -0.2) is 70.0 Å². The highest BCUT2D eigenvalue weighted by Crippen LogP contribution is 2.71. The largest absolute Gasteiger partial charge is 0.486 e. The zero-order valence-electron chi connectivity index (χ0n) is 25.2. The number of hydrogen-bond acceptors (Lipinski definition) is 8. The van der Waals surface area contributed by atoms with Crippen molar-refractivity contribution in [3.05, 3.63) is 58.1 Å². The minimum Gasteiger partial charge on any atom is -0.486 e. The Morgan fingerprint density at radius 1 is 1.19 bits per heavy atom. The lowest BCUT2D eigenvalue weighted by Crippen LogP contribution is -2.80. The van der Waals surface area contributed by atoms with Gasteiger partial charge in [0.05, 0.1) is 23.7 Å². The molecule has 226 valence electrons. The Hall–Kier alpha value is -3.01. The molecule has 7 rings (SSSR count). The van der Waals surface area contributed by atoms with Crippen LogP contribution in [0.2, 0.25) is 0 Å². The van der Waals surface area contributed by atoms with Crippen molar-refractivity contribution in [1.29, 1.82) is 0 Å². The van der Waals surface area contributed by atoms with E-state index in [0.29, 0.717) is 35.5 Å². The molecular formula is C33H40O9. The number of rotatable bonds is 6. The van der Waals surface area contributed by atoms with Crippen molar-refractivity contribution in [3.8, 4) is 0 Å². The highest BCUT2D eigenvalue weighted by molar-refractivity contribution is 6.01. The highest BCUT2D eigenvalue weighted by Gasteiger charge is 2.86. The summed E-state index contributed by atoms with van der Waals surface area (Å²) >= 11 is 0. The van der Waals surface area contributed by atoms with E-state index in [-0.39, 0.29) is 35.6 Å². The van der Waals surface area contributed by atoms with Gasteiger partial charge in [-0.1, -0.05) is 23.8 Å². The molecule has 2 saturated heterocycles. The summed E-state index contributed by atoms with van der Waals surface area (Å²) in [4.78, 5) is 41.1. The SMILES string of the molecule is CO[C@@H]1C2C(=O)[C@H]3C(=C(CC=C(C)C)C4=C(C=CC(C)O4)C3O)O[C@@]23[C@H]2C[C@@H]1C(=O)[C@]3(C/C=C(\C)C(=O)O)OC2(C)C. The topological polar surface area (TPSA) is 129 Å². The first-order valence-corrected chi connectivity index (χ1v) is 14.8. The molecule has 9 heteroatoms. The van der Waals surface area contributed by atoms with E-state index in [1.807, 2.05) is 52.8 Å².